The van der Waals surface area contributed by atoms with E-state index >= 15 is 0 Å². The average Bonchev–Trinajstić information content (AvgIpc) is 2.20. The lowest BCUT2D eigenvalue weighted by molar-refractivity contribution is -0.124. The van der Waals surface area contributed by atoms with Crippen molar-refractivity contribution in [2.24, 2.45) is 0 Å². The van der Waals surface area contributed by atoms with Crippen molar-refractivity contribution in [3.8, 4) is 5.75 Å². The summed E-state index contributed by atoms with van der Waals surface area (Å²) in [5.41, 5.74) is 1.77. The van der Waals surface area contributed by atoms with Gasteiger partial charge in [0.15, 0.2) is 6.10 Å². The van der Waals surface area contributed by atoms with Gasteiger partial charge in [0.2, 0.25) is 0 Å². The number of carbonyl (C=O) groups is 1. The number of nitrogens with one attached hydrogen (secondary N) is 1. The van der Waals surface area contributed by atoms with Gasteiger partial charge < -0.3 is 15.2 Å². The standard InChI is InChI=1S/C11H13NO3/c1-7-2-3-9-8(6-7)12-11(14)10(15-9)4-5-13/h2-3,6,10,13H,4-5H2,1H3,(H,12,14). The van der Waals surface area contributed by atoms with Crippen LogP contribution < -0.4 is 10.1 Å². The fourth-order valence-corrected chi connectivity index (χ4v) is 1.57. The number of benzene rings is 1. The number of aliphatic hydroxyl groups excluding tert-OH is 1. The molecule has 0 radical (unpaired) electrons. The van der Waals surface area contributed by atoms with Gasteiger partial charge in [-0.25, -0.2) is 0 Å². The maximum absolute atomic E-state index is 11.5. The molecule has 1 aliphatic heterocycles. The first-order chi connectivity index (χ1) is 7.20. The van der Waals surface area contributed by atoms with Crippen LogP contribution in [0.2, 0.25) is 0 Å². The Labute approximate surface area is 87.9 Å². The molecule has 1 aliphatic rings. The van der Waals surface area contributed by atoms with E-state index in [2.05, 4.69) is 5.32 Å². The molecule has 1 amide bonds. The molecule has 0 fully saturated rings. The molecule has 2 N–H and O–H groups in total. The number of rotatable bonds is 2. The van der Waals surface area contributed by atoms with Crippen molar-refractivity contribution < 1.29 is 14.6 Å². The summed E-state index contributed by atoms with van der Waals surface area (Å²) in [6.45, 7) is 1.89. The summed E-state index contributed by atoms with van der Waals surface area (Å²) in [5.74, 6) is 0.473. The Morgan fingerprint density at radius 3 is 3.07 bits per heavy atom. The quantitative estimate of drug-likeness (QED) is 0.762. The molecular formula is C11H13NO3. The van der Waals surface area contributed by atoms with E-state index in [1.54, 1.807) is 0 Å². The Balaban J connectivity index is 2.26. The van der Waals surface area contributed by atoms with Crippen molar-refractivity contribution in [2.45, 2.75) is 19.4 Å². The van der Waals surface area contributed by atoms with E-state index in [0.717, 1.165) is 5.56 Å². The van der Waals surface area contributed by atoms with Crippen molar-refractivity contribution in [3.63, 3.8) is 0 Å². The zero-order chi connectivity index (χ0) is 10.8. The molecule has 1 atom stereocenters. The number of aliphatic hydroxyl groups is 1. The molecule has 0 bridgehead atoms. The largest absolute Gasteiger partial charge is 0.478 e. The normalized spacial score (nSPS) is 19.1. The van der Waals surface area contributed by atoms with Gasteiger partial charge in [-0.3, -0.25) is 4.79 Å². The highest BCUT2D eigenvalue weighted by Crippen LogP contribution is 2.30. The van der Waals surface area contributed by atoms with Gasteiger partial charge in [0, 0.05) is 13.0 Å². The van der Waals surface area contributed by atoms with Gasteiger partial charge in [0.25, 0.3) is 5.91 Å². The molecule has 4 nitrogen and oxygen atoms in total. The predicted molar refractivity (Wildman–Crippen MR) is 55.9 cm³/mol. The molecular weight excluding hydrogens is 194 g/mol. The first kappa shape index (κ1) is 9.98. The maximum atomic E-state index is 11.5. The number of fused-ring (bicyclic) bond motifs is 1. The Kier molecular flexibility index (Phi) is 2.60. The van der Waals surface area contributed by atoms with Crippen LogP contribution in [-0.2, 0) is 4.79 Å². The topological polar surface area (TPSA) is 58.6 Å². The number of hydrogen-bond acceptors (Lipinski definition) is 3. The number of aryl methyl sites for hydroxylation is 1. The molecule has 0 aromatic heterocycles. The van der Waals surface area contributed by atoms with E-state index in [4.69, 9.17) is 9.84 Å². The van der Waals surface area contributed by atoms with Crippen molar-refractivity contribution in [1.82, 2.24) is 0 Å². The van der Waals surface area contributed by atoms with E-state index in [1.165, 1.54) is 0 Å². The summed E-state index contributed by atoms with van der Waals surface area (Å²) < 4.78 is 5.47. The van der Waals surface area contributed by atoms with Crippen LogP contribution >= 0.6 is 0 Å². The summed E-state index contributed by atoms with van der Waals surface area (Å²) in [4.78, 5) is 11.5. The fraction of sp³-hybridized carbons (Fsp3) is 0.364. The van der Waals surface area contributed by atoms with E-state index in [9.17, 15) is 4.79 Å². The van der Waals surface area contributed by atoms with Crippen LogP contribution in [0, 0.1) is 6.92 Å². The van der Waals surface area contributed by atoms with Gasteiger partial charge >= 0.3 is 0 Å². The first-order valence-electron chi connectivity index (χ1n) is 4.90. The molecule has 0 saturated heterocycles. The van der Waals surface area contributed by atoms with Crippen LogP contribution in [0.1, 0.15) is 12.0 Å². The Bertz CT molecular complexity index is 389. The highest BCUT2D eigenvalue weighted by atomic mass is 16.5. The van der Waals surface area contributed by atoms with Crippen LogP contribution in [0.3, 0.4) is 0 Å². The first-order valence-corrected chi connectivity index (χ1v) is 4.90. The Morgan fingerprint density at radius 2 is 2.33 bits per heavy atom. The molecule has 1 aromatic carbocycles. The van der Waals surface area contributed by atoms with Crippen LogP contribution in [0.25, 0.3) is 0 Å². The maximum Gasteiger partial charge on any atom is 0.265 e. The third kappa shape index (κ3) is 1.94. The minimum absolute atomic E-state index is 0.0563. The van der Waals surface area contributed by atoms with Gasteiger partial charge in [-0.15, -0.1) is 0 Å². The molecule has 80 valence electrons. The van der Waals surface area contributed by atoms with Gasteiger partial charge in [-0.2, -0.15) is 0 Å². The van der Waals surface area contributed by atoms with Crippen molar-refractivity contribution >= 4 is 11.6 Å². The van der Waals surface area contributed by atoms with Crippen LogP contribution in [0.15, 0.2) is 18.2 Å². The van der Waals surface area contributed by atoms with Gasteiger partial charge in [-0.05, 0) is 24.6 Å². The van der Waals surface area contributed by atoms with E-state index in [1.807, 2.05) is 25.1 Å². The lowest BCUT2D eigenvalue weighted by Gasteiger charge is -2.25. The van der Waals surface area contributed by atoms with Crippen LogP contribution in [0.4, 0.5) is 5.69 Å². The second-order valence-electron chi connectivity index (χ2n) is 3.61. The smallest absolute Gasteiger partial charge is 0.265 e. The molecule has 0 saturated carbocycles. The minimum Gasteiger partial charge on any atom is -0.478 e. The van der Waals surface area contributed by atoms with Crippen molar-refractivity contribution in [1.29, 1.82) is 0 Å². The summed E-state index contributed by atoms with van der Waals surface area (Å²) in [5, 5.41) is 11.5. The summed E-state index contributed by atoms with van der Waals surface area (Å²) in [6, 6.07) is 5.61. The average molecular weight is 207 g/mol. The van der Waals surface area contributed by atoms with E-state index < -0.39 is 6.10 Å². The number of carbonyl (C=O) groups excluding carboxylic acids is 1. The molecule has 2 rings (SSSR count). The fourth-order valence-electron chi connectivity index (χ4n) is 1.57. The third-order valence-corrected chi connectivity index (χ3v) is 2.35. The van der Waals surface area contributed by atoms with Gasteiger partial charge in [-0.1, -0.05) is 6.07 Å². The molecule has 15 heavy (non-hydrogen) atoms. The van der Waals surface area contributed by atoms with Crippen molar-refractivity contribution in [2.75, 3.05) is 11.9 Å². The monoisotopic (exact) mass is 207 g/mol. The Hall–Kier alpha value is -1.55. The number of anilines is 1. The zero-order valence-electron chi connectivity index (χ0n) is 8.49. The molecule has 1 heterocycles. The van der Waals surface area contributed by atoms with E-state index in [0.29, 0.717) is 17.9 Å². The van der Waals surface area contributed by atoms with Gasteiger partial charge in [0.05, 0.1) is 5.69 Å². The number of amides is 1. The van der Waals surface area contributed by atoms with Crippen LogP contribution in [-0.4, -0.2) is 23.7 Å². The molecule has 0 aliphatic carbocycles. The highest BCUT2D eigenvalue weighted by Gasteiger charge is 2.26. The lowest BCUT2D eigenvalue weighted by Crippen LogP contribution is -2.37. The predicted octanol–water partition coefficient (Wildman–Crippen LogP) is 1.08. The second kappa shape index (κ2) is 3.90. The second-order valence-corrected chi connectivity index (χ2v) is 3.61. The Morgan fingerprint density at radius 1 is 1.53 bits per heavy atom. The third-order valence-electron chi connectivity index (χ3n) is 2.35. The van der Waals surface area contributed by atoms with Crippen molar-refractivity contribution in [3.05, 3.63) is 23.8 Å². The molecule has 4 heteroatoms. The number of ether oxygens (including phenoxy) is 1. The zero-order valence-corrected chi connectivity index (χ0v) is 8.49. The molecule has 0 spiro atoms. The van der Waals surface area contributed by atoms with Crippen LogP contribution in [0.5, 0.6) is 5.75 Å². The molecule has 1 aromatic rings. The van der Waals surface area contributed by atoms with Gasteiger partial charge in [0.1, 0.15) is 5.75 Å². The molecule has 1 unspecified atom stereocenters. The summed E-state index contributed by atoms with van der Waals surface area (Å²) in [7, 11) is 0. The lowest BCUT2D eigenvalue weighted by atomic mass is 10.1. The summed E-state index contributed by atoms with van der Waals surface area (Å²) in [6.07, 6.45) is -0.260. The highest BCUT2D eigenvalue weighted by molar-refractivity contribution is 5.97. The SMILES string of the molecule is Cc1ccc2c(c1)NC(=O)C(CCO)O2. The minimum atomic E-state index is -0.579. The van der Waals surface area contributed by atoms with E-state index in [-0.39, 0.29) is 12.5 Å². The number of hydrogen-bond donors (Lipinski definition) is 2. The summed E-state index contributed by atoms with van der Waals surface area (Å²) >= 11 is 0.